The highest BCUT2D eigenvalue weighted by Gasteiger charge is 2.11. The molecule has 20 heavy (non-hydrogen) atoms. The van der Waals surface area contributed by atoms with Gasteiger partial charge in [-0.2, -0.15) is 0 Å². The van der Waals surface area contributed by atoms with Crippen molar-refractivity contribution in [1.29, 1.82) is 0 Å². The number of halogens is 3. The molecule has 5 N–H and O–H groups in total. The summed E-state index contributed by atoms with van der Waals surface area (Å²) in [6, 6.07) is 6.71. The van der Waals surface area contributed by atoms with Crippen LogP contribution in [0.5, 0.6) is 0 Å². The predicted octanol–water partition coefficient (Wildman–Crippen LogP) is 3.56. The van der Waals surface area contributed by atoms with Crippen LogP contribution in [-0.4, -0.2) is 5.91 Å². The van der Waals surface area contributed by atoms with Gasteiger partial charge in [-0.25, -0.2) is 4.39 Å². The fourth-order valence-corrected chi connectivity index (χ4v) is 2.17. The van der Waals surface area contributed by atoms with Crippen molar-refractivity contribution in [2.24, 2.45) is 5.73 Å². The molecule has 2 aromatic rings. The van der Waals surface area contributed by atoms with E-state index < -0.39 is 11.7 Å². The summed E-state index contributed by atoms with van der Waals surface area (Å²) in [6.45, 7) is 0. The summed E-state index contributed by atoms with van der Waals surface area (Å²) in [5, 5.41) is 3.06. The van der Waals surface area contributed by atoms with E-state index in [1.165, 1.54) is 18.2 Å². The van der Waals surface area contributed by atoms with E-state index in [0.717, 1.165) is 12.1 Å². The smallest absolute Gasteiger partial charge is 0.248 e. The largest absolute Gasteiger partial charge is 0.397 e. The minimum absolute atomic E-state index is 0.0962. The fraction of sp³-hybridized carbons (Fsp3) is 0. The molecule has 0 aliphatic rings. The lowest BCUT2D eigenvalue weighted by molar-refractivity contribution is 0.100. The van der Waals surface area contributed by atoms with E-state index in [-0.39, 0.29) is 15.6 Å². The van der Waals surface area contributed by atoms with Gasteiger partial charge in [-0.15, -0.1) is 0 Å². The number of primary amides is 1. The van der Waals surface area contributed by atoms with Gasteiger partial charge in [-0.05, 0) is 30.3 Å². The molecule has 2 rings (SSSR count). The van der Waals surface area contributed by atoms with Gasteiger partial charge in [0.2, 0.25) is 5.91 Å². The second-order valence-corrected chi connectivity index (χ2v) is 4.85. The average Bonchev–Trinajstić information content (AvgIpc) is 2.35. The summed E-state index contributed by atoms with van der Waals surface area (Å²) in [6.07, 6.45) is 0. The quantitative estimate of drug-likeness (QED) is 0.758. The van der Waals surface area contributed by atoms with Gasteiger partial charge in [-0.3, -0.25) is 4.79 Å². The maximum atomic E-state index is 13.1. The molecule has 0 radical (unpaired) electrons. The SMILES string of the molecule is NC(=O)c1ccc(N)c(Nc2c(Cl)cc(F)cc2Cl)c1. The van der Waals surface area contributed by atoms with Crippen molar-refractivity contribution >= 4 is 46.2 Å². The maximum absolute atomic E-state index is 13.1. The van der Waals surface area contributed by atoms with E-state index in [9.17, 15) is 9.18 Å². The van der Waals surface area contributed by atoms with Crippen molar-refractivity contribution < 1.29 is 9.18 Å². The highest BCUT2D eigenvalue weighted by Crippen LogP contribution is 2.35. The van der Waals surface area contributed by atoms with Crippen LogP contribution in [0.4, 0.5) is 21.5 Å². The summed E-state index contributed by atoms with van der Waals surface area (Å²) < 4.78 is 13.1. The molecule has 7 heteroatoms. The van der Waals surface area contributed by atoms with Crippen LogP contribution in [0.1, 0.15) is 10.4 Å². The second kappa shape index (κ2) is 5.56. The van der Waals surface area contributed by atoms with Gasteiger partial charge in [0.1, 0.15) is 5.82 Å². The number of nitrogens with one attached hydrogen (secondary N) is 1. The zero-order valence-corrected chi connectivity index (χ0v) is 11.6. The molecule has 0 aliphatic carbocycles. The summed E-state index contributed by atoms with van der Waals surface area (Å²) in [5.74, 6) is -1.14. The molecule has 0 aliphatic heterocycles. The molecule has 0 unspecified atom stereocenters. The molecule has 4 nitrogen and oxygen atoms in total. The summed E-state index contributed by atoms with van der Waals surface area (Å²) in [4.78, 5) is 11.1. The van der Waals surface area contributed by atoms with Crippen LogP contribution in [-0.2, 0) is 0 Å². The van der Waals surface area contributed by atoms with Gasteiger partial charge in [-0.1, -0.05) is 23.2 Å². The first-order valence-electron chi connectivity index (χ1n) is 5.49. The van der Waals surface area contributed by atoms with Crippen LogP contribution in [0.25, 0.3) is 0 Å². The second-order valence-electron chi connectivity index (χ2n) is 4.04. The van der Waals surface area contributed by atoms with E-state index in [4.69, 9.17) is 34.7 Å². The van der Waals surface area contributed by atoms with Crippen molar-refractivity contribution in [3.05, 3.63) is 51.8 Å². The van der Waals surface area contributed by atoms with Gasteiger partial charge in [0.05, 0.1) is 27.1 Å². The van der Waals surface area contributed by atoms with E-state index >= 15 is 0 Å². The number of nitrogens with two attached hydrogens (primary N) is 2. The van der Waals surface area contributed by atoms with Crippen LogP contribution in [0.2, 0.25) is 10.0 Å². The fourth-order valence-electron chi connectivity index (χ4n) is 1.61. The first-order chi connectivity index (χ1) is 9.38. The number of benzene rings is 2. The van der Waals surface area contributed by atoms with E-state index in [1.807, 2.05) is 0 Å². The minimum atomic E-state index is -0.593. The molecule has 0 saturated carbocycles. The molecular formula is C13H10Cl2FN3O. The number of carbonyl (C=O) groups is 1. The van der Waals surface area contributed by atoms with E-state index in [0.29, 0.717) is 17.1 Å². The van der Waals surface area contributed by atoms with Crippen molar-refractivity contribution in [3.63, 3.8) is 0 Å². The highest BCUT2D eigenvalue weighted by molar-refractivity contribution is 6.39. The minimum Gasteiger partial charge on any atom is -0.397 e. The zero-order chi connectivity index (χ0) is 14.9. The third-order valence-electron chi connectivity index (χ3n) is 2.60. The number of carbonyl (C=O) groups excluding carboxylic acids is 1. The predicted molar refractivity (Wildman–Crippen MR) is 79.1 cm³/mol. The average molecular weight is 314 g/mol. The number of nitrogen functional groups attached to an aromatic ring is 1. The molecule has 0 atom stereocenters. The van der Waals surface area contributed by atoms with Gasteiger partial charge in [0, 0.05) is 5.56 Å². The Hall–Kier alpha value is -1.98. The van der Waals surface area contributed by atoms with Gasteiger partial charge < -0.3 is 16.8 Å². The Morgan fingerprint density at radius 3 is 2.30 bits per heavy atom. The Bertz CT molecular complexity index is 668. The molecule has 0 saturated heterocycles. The van der Waals surface area contributed by atoms with Crippen molar-refractivity contribution in [2.45, 2.75) is 0 Å². The van der Waals surface area contributed by atoms with Crippen LogP contribution in [0, 0.1) is 5.82 Å². The van der Waals surface area contributed by atoms with E-state index in [2.05, 4.69) is 5.32 Å². The van der Waals surface area contributed by atoms with Crippen LogP contribution in [0.15, 0.2) is 30.3 Å². The summed E-state index contributed by atoms with van der Waals surface area (Å²) in [5.41, 5.74) is 12.3. The first-order valence-corrected chi connectivity index (χ1v) is 6.25. The third kappa shape index (κ3) is 2.95. The highest BCUT2D eigenvalue weighted by atomic mass is 35.5. The maximum Gasteiger partial charge on any atom is 0.248 e. The van der Waals surface area contributed by atoms with Crippen molar-refractivity contribution in [1.82, 2.24) is 0 Å². The normalized spacial score (nSPS) is 10.3. The molecule has 0 spiro atoms. The number of amides is 1. The molecule has 0 fully saturated rings. The van der Waals surface area contributed by atoms with Crippen molar-refractivity contribution in [3.8, 4) is 0 Å². The Balaban J connectivity index is 2.45. The summed E-state index contributed by atoms with van der Waals surface area (Å²) >= 11 is 11.8. The monoisotopic (exact) mass is 313 g/mol. The number of hydrogen-bond donors (Lipinski definition) is 3. The number of anilines is 3. The van der Waals surface area contributed by atoms with Crippen LogP contribution < -0.4 is 16.8 Å². The lowest BCUT2D eigenvalue weighted by Crippen LogP contribution is -2.11. The molecule has 104 valence electrons. The van der Waals surface area contributed by atoms with Crippen LogP contribution in [0.3, 0.4) is 0 Å². The van der Waals surface area contributed by atoms with Crippen molar-refractivity contribution in [2.75, 3.05) is 11.1 Å². The Labute approximate surface area is 124 Å². The number of rotatable bonds is 3. The Morgan fingerprint density at radius 1 is 1.15 bits per heavy atom. The topological polar surface area (TPSA) is 81.1 Å². The van der Waals surface area contributed by atoms with E-state index in [1.54, 1.807) is 0 Å². The summed E-state index contributed by atoms with van der Waals surface area (Å²) in [7, 11) is 0. The van der Waals surface area contributed by atoms with Crippen LogP contribution >= 0.6 is 23.2 Å². The lowest BCUT2D eigenvalue weighted by Gasteiger charge is -2.13. The van der Waals surface area contributed by atoms with Gasteiger partial charge >= 0.3 is 0 Å². The first kappa shape index (κ1) is 14.4. The number of hydrogen-bond acceptors (Lipinski definition) is 3. The third-order valence-corrected chi connectivity index (χ3v) is 3.20. The Morgan fingerprint density at radius 2 is 1.75 bits per heavy atom. The molecule has 1 amide bonds. The standard InChI is InChI=1S/C13H10Cl2FN3O/c14-8-4-7(16)5-9(15)12(8)19-11-3-6(13(18)20)1-2-10(11)17/h1-5,19H,17H2,(H2,18,20). The Kier molecular flexibility index (Phi) is 4.01. The molecule has 0 heterocycles. The molecule has 0 aromatic heterocycles. The lowest BCUT2D eigenvalue weighted by atomic mass is 10.1. The van der Waals surface area contributed by atoms with Gasteiger partial charge in [0.25, 0.3) is 0 Å². The van der Waals surface area contributed by atoms with Gasteiger partial charge in [0.15, 0.2) is 0 Å². The molecular weight excluding hydrogens is 304 g/mol. The molecule has 2 aromatic carbocycles. The zero-order valence-electron chi connectivity index (χ0n) is 10.1. The molecule has 0 bridgehead atoms.